The van der Waals surface area contributed by atoms with Crippen molar-refractivity contribution >= 4 is 10.1 Å². The van der Waals surface area contributed by atoms with Gasteiger partial charge < -0.3 is 0 Å². The van der Waals surface area contributed by atoms with E-state index in [1.165, 1.54) is 0 Å². The molecule has 1 aromatic rings. The maximum atomic E-state index is 14.5. The third-order valence-electron chi connectivity index (χ3n) is 4.24. The van der Waals surface area contributed by atoms with Crippen molar-refractivity contribution in [3.8, 4) is 0 Å². The van der Waals surface area contributed by atoms with Crippen LogP contribution in [0.25, 0.3) is 0 Å². The van der Waals surface area contributed by atoms with E-state index in [1.54, 1.807) is 0 Å². The van der Waals surface area contributed by atoms with Crippen LogP contribution in [-0.4, -0.2) is 48.3 Å². The van der Waals surface area contributed by atoms with E-state index in [4.69, 9.17) is 4.55 Å². The standard InChI is InChI=1S/C13H7F11O3S/c14-8(5-6-1-3-7(4-2-6)28(25,26)27)9(15,16)11(19,20)13(23,24)12(21,22)10(8,17)18/h1-4H,5H2,(H,25,26,27). The Kier molecular flexibility index (Phi) is 4.61. The highest BCUT2D eigenvalue weighted by Gasteiger charge is 3.00. The number of rotatable bonds is 3. The number of alkyl halides is 11. The summed E-state index contributed by atoms with van der Waals surface area (Å²) in [4.78, 5) is -0.964. The summed E-state index contributed by atoms with van der Waals surface area (Å²) in [5.41, 5.74) is -7.33. The van der Waals surface area contributed by atoms with Crippen LogP contribution in [0.5, 0.6) is 0 Å². The lowest BCUT2D eigenvalue weighted by atomic mass is 9.70. The highest BCUT2D eigenvalue weighted by Crippen LogP contribution is 2.69. The lowest BCUT2D eigenvalue weighted by molar-refractivity contribution is -0.484. The topological polar surface area (TPSA) is 54.4 Å². The summed E-state index contributed by atoms with van der Waals surface area (Å²) in [6.45, 7) is 0. The first-order valence-electron chi connectivity index (χ1n) is 6.83. The van der Waals surface area contributed by atoms with E-state index >= 15 is 0 Å². The van der Waals surface area contributed by atoms with Crippen LogP contribution in [0, 0.1) is 0 Å². The summed E-state index contributed by atoms with van der Waals surface area (Å²) >= 11 is 0. The van der Waals surface area contributed by atoms with Crippen molar-refractivity contribution in [1.29, 1.82) is 0 Å². The molecular weight excluding hydrogens is 445 g/mol. The second-order valence-electron chi connectivity index (χ2n) is 5.97. The van der Waals surface area contributed by atoms with Crippen molar-refractivity contribution in [3.63, 3.8) is 0 Å². The molecule has 0 radical (unpaired) electrons. The molecule has 0 unspecified atom stereocenters. The van der Waals surface area contributed by atoms with Gasteiger partial charge in [-0.3, -0.25) is 4.55 Å². The molecule has 160 valence electrons. The monoisotopic (exact) mass is 452 g/mol. The highest BCUT2D eigenvalue weighted by atomic mass is 32.2. The molecule has 1 aliphatic rings. The highest BCUT2D eigenvalue weighted by molar-refractivity contribution is 7.85. The van der Waals surface area contributed by atoms with Gasteiger partial charge in [0, 0.05) is 6.42 Å². The molecule has 15 heteroatoms. The molecule has 0 spiro atoms. The molecule has 0 heterocycles. The van der Waals surface area contributed by atoms with E-state index in [9.17, 15) is 56.7 Å². The minimum absolute atomic E-state index is 0.264. The lowest BCUT2D eigenvalue weighted by Crippen LogP contribution is -2.84. The van der Waals surface area contributed by atoms with Crippen molar-refractivity contribution in [2.75, 3.05) is 0 Å². The molecule has 0 bridgehead atoms. The largest absolute Gasteiger partial charge is 0.384 e. The third kappa shape index (κ3) is 2.47. The zero-order valence-electron chi connectivity index (χ0n) is 12.8. The molecule has 0 atom stereocenters. The first-order chi connectivity index (χ1) is 12.2. The van der Waals surface area contributed by atoms with Gasteiger partial charge in [0.2, 0.25) is 0 Å². The van der Waals surface area contributed by atoms with Gasteiger partial charge in [0.1, 0.15) is 0 Å². The molecule has 1 aliphatic carbocycles. The van der Waals surface area contributed by atoms with E-state index in [1.807, 2.05) is 0 Å². The molecule has 1 aromatic carbocycles. The van der Waals surface area contributed by atoms with Crippen LogP contribution in [0.3, 0.4) is 0 Å². The van der Waals surface area contributed by atoms with Gasteiger partial charge in [-0.05, 0) is 17.7 Å². The lowest BCUT2D eigenvalue weighted by Gasteiger charge is -2.52. The van der Waals surface area contributed by atoms with Crippen LogP contribution < -0.4 is 0 Å². The first-order valence-corrected chi connectivity index (χ1v) is 8.27. The summed E-state index contributed by atoms with van der Waals surface area (Å²) < 4.78 is 179. The number of hydrogen-bond donors (Lipinski definition) is 1. The summed E-state index contributed by atoms with van der Waals surface area (Å²) in [7, 11) is -4.90. The molecule has 1 N–H and O–H groups in total. The van der Waals surface area contributed by atoms with Gasteiger partial charge in [-0.15, -0.1) is 0 Å². The average molecular weight is 452 g/mol. The Labute approximate surface area is 148 Å². The quantitative estimate of drug-likeness (QED) is 0.548. The fourth-order valence-electron chi connectivity index (χ4n) is 2.57. The van der Waals surface area contributed by atoms with Gasteiger partial charge in [0.25, 0.3) is 15.8 Å². The van der Waals surface area contributed by atoms with Crippen LogP contribution >= 0.6 is 0 Å². The Bertz CT molecular complexity index is 847. The average Bonchev–Trinajstić information content (AvgIpc) is 2.52. The Balaban J connectivity index is 2.66. The normalized spacial score (nSPS) is 26.6. The fraction of sp³-hybridized carbons (Fsp3) is 0.538. The molecular formula is C13H7F11O3S. The smallest absolute Gasteiger partial charge is 0.282 e. The SMILES string of the molecule is O=S(=O)(O)c1ccc(CC2(F)C(F)(F)C(F)(F)C(F)(F)C(F)(F)C2(F)F)cc1. The minimum atomic E-state index is -7.29. The minimum Gasteiger partial charge on any atom is -0.282 e. The number of halogens is 11. The van der Waals surface area contributed by atoms with Gasteiger partial charge >= 0.3 is 29.6 Å². The maximum Gasteiger partial charge on any atom is 0.384 e. The molecule has 28 heavy (non-hydrogen) atoms. The third-order valence-corrected chi connectivity index (χ3v) is 5.11. The van der Waals surface area contributed by atoms with E-state index in [2.05, 4.69) is 0 Å². The molecule has 0 aromatic heterocycles. The van der Waals surface area contributed by atoms with E-state index in [-0.39, 0.29) is 12.1 Å². The first kappa shape index (κ1) is 22.6. The molecule has 0 amide bonds. The fourth-order valence-corrected chi connectivity index (χ4v) is 3.05. The van der Waals surface area contributed by atoms with E-state index < -0.39 is 62.3 Å². The predicted molar refractivity (Wildman–Crippen MR) is 68.5 cm³/mol. The zero-order chi connectivity index (χ0) is 22.2. The van der Waals surface area contributed by atoms with Crippen LogP contribution in [0.15, 0.2) is 29.2 Å². The van der Waals surface area contributed by atoms with E-state index in [0.717, 1.165) is 0 Å². The van der Waals surface area contributed by atoms with Crippen LogP contribution in [0.1, 0.15) is 5.56 Å². The molecule has 2 rings (SSSR count). The predicted octanol–water partition coefficient (Wildman–Crippen LogP) is 4.37. The van der Waals surface area contributed by atoms with E-state index in [0.29, 0.717) is 12.1 Å². The van der Waals surface area contributed by atoms with Crippen molar-refractivity contribution in [3.05, 3.63) is 29.8 Å². The van der Waals surface area contributed by atoms with Gasteiger partial charge in [-0.25, -0.2) is 4.39 Å². The van der Waals surface area contributed by atoms with Crippen molar-refractivity contribution < 1.29 is 61.3 Å². The van der Waals surface area contributed by atoms with Crippen molar-refractivity contribution in [1.82, 2.24) is 0 Å². The second kappa shape index (κ2) is 5.70. The summed E-state index contributed by atoms with van der Waals surface area (Å²) in [6, 6.07) is 1.19. The Morgan fingerprint density at radius 1 is 0.643 bits per heavy atom. The Hall–Kier alpha value is -1.64. The van der Waals surface area contributed by atoms with Crippen molar-refractivity contribution in [2.24, 2.45) is 0 Å². The Morgan fingerprint density at radius 3 is 1.29 bits per heavy atom. The van der Waals surface area contributed by atoms with Gasteiger partial charge in [0.05, 0.1) is 4.90 Å². The second-order valence-corrected chi connectivity index (χ2v) is 7.39. The zero-order valence-corrected chi connectivity index (χ0v) is 13.7. The van der Waals surface area contributed by atoms with Gasteiger partial charge in [-0.2, -0.15) is 52.3 Å². The van der Waals surface area contributed by atoms with Crippen LogP contribution in [-0.2, 0) is 16.5 Å². The molecule has 1 saturated carbocycles. The molecule has 3 nitrogen and oxygen atoms in total. The molecule has 0 saturated heterocycles. The Morgan fingerprint density at radius 2 is 0.964 bits per heavy atom. The molecule has 0 aliphatic heterocycles. The summed E-state index contributed by atoms with van der Waals surface area (Å²) in [5.74, 6) is -35.6. The van der Waals surface area contributed by atoms with Gasteiger partial charge in [0.15, 0.2) is 0 Å². The molecule has 1 fully saturated rings. The summed E-state index contributed by atoms with van der Waals surface area (Å²) in [6.07, 6.45) is -2.61. The van der Waals surface area contributed by atoms with Crippen LogP contribution in [0.4, 0.5) is 48.3 Å². The van der Waals surface area contributed by atoms with Crippen molar-refractivity contribution in [2.45, 2.75) is 46.6 Å². The van der Waals surface area contributed by atoms with Gasteiger partial charge in [-0.1, -0.05) is 12.1 Å². The maximum absolute atomic E-state index is 14.5. The van der Waals surface area contributed by atoms with Crippen LogP contribution in [0.2, 0.25) is 0 Å². The number of benzene rings is 1. The summed E-state index contributed by atoms with van der Waals surface area (Å²) in [5, 5.41) is 0. The number of hydrogen-bond acceptors (Lipinski definition) is 2.